The molecule has 2 N–H and O–H groups in total. The maximum Gasteiger partial charge on any atom is 0.333 e. The van der Waals surface area contributed by atoms with Crippen LogP contribution < -0.4 is 0 Å². The number of hydrogen-bond acceptors (Lipinski definition) is 9. The predicted octanol–water partition coefficient (Wildman–Crippen LogP) is 3.03. The Morgan fingerprint density at radius 2 is 1.30 bits per heavy atom. The van der Waals surface area contributed by atoms with Gasteiger partial charge in [0.15, 0.2) is 12.2 Å². The van der Waals surface area contributed by atoms with E-state index >= 15 is 0 Å². The van der Waals surface area contributed by atoms with Crippen molar-refractivity contribution in [3.63, 3.8) is 0 Å². The highest BCUT2D eigenvalue weighted by Crippen LogP contribution is 2.31. The van der Waals surface area contributed by atoms with E-state index in [0.717, 1.165) is 0 Å². The Balaban J connectivity index is 0.000000542. The maximum atomic E-state index is 11.4. The van der Waals surface area contributed by atoms with Gasteiger partial charge < -0.3 is 33.9 Å². The maximum absolute atomic E-state index is 11.4. The molecule has 0 aromatic rings. The molecule has 0 spiro atoms. The minimum Gasteiger partial charge on any atom is -0.453 e. The van der Waals surface area contributed by atoms with Gasteiger partial charge in [0.25, 0.3) is 0 Å². The van der Waals surface area contributed by atoms with Crippen LogP contribution in [0.1, 0.15) is 68.2 Å². The van der Waals surface area contributed by atoms with E-state index in [0.29, 0.717) is 37.2 Å². The molecule has 2 rings (SSSR count). The van der Waals surface area contributed by atoms with Crippen molar-refractivity contribution in [1.82, 2.24) is 0 Å². The Kier molecular flexibility index (Phi) is 13.1. The summed E-state index contributed by atoms with van der Waals surface area (Å²) in [6.45, 7) is 21.7. The van der Waals surface area contributed by atoms with E-state index < -0.39 is 29.6 Å². The third-order valence-corrected chi connectivity index (χ3v) is 4.39. The van der Waals surface area contributed by atoms with E-state index in [1.807, 2.05) is 13.8 Å². The topological polar surface area (TPSA) is 121 Å². The van der Waals surface area contributed by atoms with Gasteiger partial charge in [-0.1, -0.05) is 13.2 Å². The Bertz CT molecular complexity index is 666. The summed E-state index contributed by atoms with van der Waals surface area (Å²) in [5.74, 6) is -3.07. The highest BCUT2D eigenvalue weighted by atomic mass is 16.7. The third-order valence-electron chi connectivity index (χ3n) is 4.39. The molecule has 2 fully saturated rings. The Morgan fingerprint density at radius 1 is 0.909 bits per heavy atom. The minimum atomic E-state index is -1.36. The fourth-order valence-electron chi connectivity index (χ4n) is 2.83. The molecule has 0 radical (unpaired) electrons. The van der Waals surface area contributed by atoms with Crippen LogP contribution in [0.5, 0.6) is 0 Å². The Morgan fingerprint density at radius 3 is 1.67 bits per heavy atom. The van der Waals surface area contributed by atoms with Gasteiger partial charge in [-0.25, -0.2) is 9.59 Å². The molecule has 0 amide bonds. The van der Waals surface area contributed by atoms with E-state index in [4.69, 9.17) is 28.8 Å². The van der Waals surface area contributed by atoms with Crippen molar-refractivity contribution in [1.29, 1.82) is 0 Å². The highest BCUT2D eigenvalue weighted by molar-refractivity contribution is 5.87. The first kappa shape index (κ1) is 31.2. The van der Waals surface area contributed by atoms with E-state index in [2.05, 4.69) is 13.2 Å². The lowest BCUT2D eigenvalue weighted by Crippen LogP contribution is -2.43. The SMILES string of the molecule is C=C(C)C(=O)OC1CCOC1(C)O.C=C(C)C(=O)OC1CCOC1(C)OC(C)C.CC(C)O. The molecule has 4 atom stereocenters. The fourth-order valence-corrected chi connectivity index (χ4v) is 2.83. The van der Waals surface area contributed by atoms with Crippen molar-refractivity contribution >= 4 is 11.9 Å². The highest BCUT2D eigenvalue weighted by Gasteiger charge is 2.45. The number of rotatable bonds is 6. The van der Waals surface area contributed by atoms with Gasteiger partial charge in [0, 0.05) is 30.1 Å². The average molecular weight is 475 g/mol. The predicted molar refractivity (Wildman–Crippen MR) is 123 cm³/mol. The van der Waals surface area contributed by atoms with Crippen LogP contribution in [0.2, 0.25) is 0 Å². The van der Waals surface area contributed by atoms with E-state index in [9.17, 15) is 14.7 Å². The molecule has 9 heteroatoms. The number of ether oxygens (including phenoxy) is 5. The van der Waals surface area contributed by atoms with Gasteiger partial charge in [0.2, 0.25) is 11.6 Å². The second-order valence-corrected chi connectivity index (χ2v) is 8.95. The van der Waals surface area contributed by atoms with E-state index in [1.165, 1.54) is 6.92 Å². The van der Waals surface area contributed by atoms with Crippen LogP contribution in [-0.2, 0) is 33.3 Å². The molecule has 0 aromatic carbocycles. The molecule has 192 valence electrons. The van der Waals surface area contributed by atoms with Crippen molar-refractivity contribution in [2.24, 2.45) is 0 Å². The minimum absolute atomic E-state index is 0.0223. The van der Waals surface area contributed by atoms with Crippen molar-refractivity contribution < 1.29 is 43.5 Å². The number of carbonyl (C=O) groups excluding carboxylic acids is 2. The zero-order valence-electron chi connectivity index (χ0n) is 21.3. The molecule has 9 nitrogen and oxygen atoms in total. The van der Waals surface area contributed by atoms with Crippen molar-refractivity contribution in [2.45, 2.75) is 104 Å². The van der Waals surface area contributed by atoms with Crippen molar-refractivity contribution in [2.75, 3.05) is 13.2 Å². The van der Waals surface area contributed by atoms with Gasteiger partial charge in [0.05, 0.1) is 19.3 Å². The monoisotopic (exact) mass is 474 g/mol. The summed E-state index contributed by atoms with van der Waals surface area (Å²) in [5, 5.41) is 17.6. The Hall–Kier alpha value is -1.78. The second kappa shape index (κ2) is 13.8. The first-order chi connectivity index (χ1) is 15.0. The van der Waals surface area contributed by atoms with Crippen LogP contribution in [0.3, 0.4) is 0 Å². The molecule has 2 saturated heterocycles. The molecule has 4 unspecified atom stereocenters. The number of carbonyl (C=O) groups is 2. The summed E-state index contributed by atoms with van der Waals surface area (Å²) in [6.07, 6.45) is 0.0822. The number of aliphatic hydroxyl groups excluding tert-OH is 1. The van der Waals surface area contributed by atoms with Crippen LogP contribution in [0.15, 0.2) is 24.3 Å². The van der Waals surface area contributed by atoms with Gasteiger partial charge >= 0.3 is 11.9 Å². The smallest absolute Gasteiger partial charge is 0.333 e. The molecule has 33 heavy (non-hydrogen) atoms. The molecular weight excluding hydrogens is 432 g/mol. The average Bonchev–Trinajstić information content (AvgIpc) is 3.16. The van der Waals surface area contributed by atoms with Crippen LogP contribution in [0, 0.1) is 0 Å². The zero-order valence-corrected chi connectivity index (χ0v) is 21.3. The van der Waals surface area contributed by atoms with Crippen LogP contribution in [0.25, 0.3) is 0 Å². The quantitative estimate of drug-likeness (QED) is 0.442. The molecule has 2 aliphatic rings. The molecule has 0 aromatic heterocycles. The van der Waals surface area contributed by atoms with Gasteiger partial charge in [-0.2, -0.15) is 0 Å². The lowest BCUT2D eigenvalue weighted by Gasteiger charge is -2.31. The van der Waals surface area contributed by atoms with Crippen molar-refractivity contribution in [3.8, 4) is 0 Å². The van der Waals surface area contributed by atoms with E-state index in [1.54, 1.807) is 34.6 Å². The lowest BCUT2D eigenvalue weighted by atomic mass is 10.1. The number of esters is 2. The normalized spacial score (nSPS) is 28.4. The molecule has 0 bridgehead atoms. The second-order valence-electron chi connectivity index (χ2n) is 8.95. The van der Waals surface area contributed by atoms with Crippen molar-refractivity contribution in [3.05, 3.63) is 24.3 Å². The van der Waals surface area contributed by atoms with Crippen LogP contribution >= 0.6 is 0 Å². The van der Waals surface area contributed by atoms with Gasteiger partial charge in [0.1, 0.15) is 0 Å². The van der Waals surface area contributed by atoms with Crippen LogP contribution in [0.4, 0.5) is 0 Å². The largest absolute Gasteiger partial charge is 0.453 e. The first-order valence-electron chi connectivity index (χ1n) is 11.1. The zero-order chi connectivity index (χ0) is 26.0. The van der Waals surface area contributed by atoms with Gasteiger partial charge in [-0.3, -0.25) is 0 Å². The van der Waals surface area contributed by atoms with Crippen LogP contribution in [-0.4, -0.2) is 71.4 Å². The number of hydrogen-bond donors (Lipinski definition) is 2. The summed E-state index contributed by atoms with van der Waals surface area (Å²) in [4.78, 5) is 22.5. The van der Waals surface area contributed by atoms with E-state index in [-0.39, 0.29) is 18.3 Å². The number of aliphatic hydroxyl groups is 2. The first-order valence-corrected chi connectivity index (χ1v) is 11.1. The third kappa shape index (κ3) is 11.8. The summed E-state index contributed by atoms with van der Waals surface area (Å²) < 4.78 is 26.4. The fraction of sp³-hybridized carbons (Fsp3) is 0.750. The molecule has 2 aliphatic heterocycles. The summed E-state index contributed by atoms with van der Waals surface area (Å²) in [6, 6.07) is 0. The lowest BCUT2D eigenvalue weighted by molar-refractivity contribution is -0.254. The summed E-state index contributed by atoms with van der Waals surface area (Å²) in [5.41, 5.74) is 0.710. The molecule has 0 saturated carbocycles. The van der Waals surface area contributed by atoms with Gasteiger partial charge in [-0.15, -0.1) is 0 Å². The standard InChI is InChI=1S/C12H20O4.C9H14O4.C3H8O/c1-8(2)11(13)15-10-6-7-14-12(10,5)16-9(3)4;1-6(2)8(10)13-7-4-5-12-9(7,3)11;1-3(2)4/h9-10H,1,6-7H2,2-5H3;7,11H,1,4-5H2,2-3H3;3-4H,1-2H3. The molecule has 0 aliphatic carbocycles. The Labute approximate surface area is 197 Å². The summed E-state index contributed by atoms with van der Waals surface area (Å²) >= 11 is 0. The van der Waals surface area contributed by atoms with Gasteiger partial charge in [-0.05, 0) is 55.4 Å². The molecular formula is C24H42O9. The molecule has 2 heterocycles. The summed E-state index contributed by atoms with van der Waals surface area (Å²) in [7, 11) is 0.